The van der Waals surface area contributed by atoms with Crippen molar-refractivity contribution >= 4 is 23.1 Å². The monoisotopic (exact) mass is 490 g/mol. The fraction of sp³-hybridized carbons (Fsp3) is 0.222. The van der Waals surface area contributed by atoms with Gasteiger partial charge in [0, 0.05) is 11.8 Å². The van der Waals surface area contributed by atoms with Gasteiger partial charge in [-0.15, -0.1) is 0 Å². The van der Waals surface area contributed by atoms with Gasteiger partial charge >= 0.3 is 0 Å². The van der Waals surface area contributed by atoms with Crippen LogP contribution in [0.3, 0.4) is 0 Å². The molecule has 8 nitrogen and oxygen atoms in total. The summed E-state index contributed by atoms with van der Waals surface area (Å²) in [6, 6.07) is 14.7. The van der Waals surface area contributed by atoms with Crippen molar-refractivity contribution in [2.24, 2.45) is 0 Å². The molecule has 0 saturated heterocycles. The molecule has 2 aromatic heterocycles. The number of nitrogens with one attached hydrogen (secondary N) is 2. The molecule has 4 aromatic rings. The Morgan fingerprint density at radius 1 is 1.06 bits per heavy atom. The molecular weight excluding hydrogens is 463 g/mol. The van der Waals surface area contributed by atoms with Crippen LogP contribution in [0.2, 0.25) is 0 Å². The van der Waals surface area contributed by atoms with Crippen molar-refractivity contribution in [2.75, 3.05) is 5.32 Å². The second-order valence-corrected chi connectivity index (χ2v) is 9.18. The number of hydrogen-bond acceptors (Lipinski definition) is 5. The Balaban J connectivity index is 1.56. The van der Waals surface area contributed by atoms with Crippen LogP contribution >= 0.6 is 0 Å². The summed E-state index contributed by atoms with van der Waals surface area (Å²) in [7, 11) is 0. The minimum absolute atomic E-state index is 0.0370. The maximum Gasteiger partial charge on any atom is 0.274 e. The number of anilines is 1. The highest BCUT2D eigenvalue weighted by atomic mass is 19.1. The van der Waals surface area contributed by atoms with Gasteiger partial charge in [0.15, 0.2) is 0 Å². The minimum atomic E-state index is -1.48. The number of fused-ring (bicyclic) bond motifs is 1. The van der Waals surface area contributed by atoms with Crippen molar-refractivity contribution in [1.29, 1.82) is 0 Å². The molecule has 0 aliphatic rings. The smallest absolute Gasteiger partial charge is 0.274 e. The standard InChI is InChI=1S/C27H27FN4O4/c1-16-11-12-32-21(15-29-22(32)13-16)26(35)30-20-14-18(9-10-19(20)28)25(34)31-24(27(2,3)36)23(33)17-7-5-4-6-8-17/h4-15,23-24,33,36H,1-3H3,(H,30,35)(H,31,34)/t23-,24+/m0/s1. The lowest BCUT2D eigenvalue weighted by Crippen LogP contribution is -2.52. The van der Waals surface area contributed by atoms with Crippen molar-refractivity contribution < 1.29 is 24.2 Å². The van der Waals surface area contributed by atoms with Crippen LogP contribution in [0, 0.1) is 12.7 Å². The summed E-state index contributed by atoms with van der Waals surface area (Å²) in [4.78, 5) is 30.1. The van der Waals surface area contributed by atoms with Crippen LogP contribution in [0.1, 0.15) is 51.9 Å². The van der Waals surface area contributed by atoms with Crippen LogP contribution in [-0.4, -0.2) is 43.1 Å². The van der Waals surface area contributed by atoms with Crippen molar-refractivity contribution in [3.63, 3.8) is 0 Å². The van der Waals surface area contributed by atoms with E-state index in [9.17, 15) is 24.2 Å². The van der Waals surface area contributed by atoms with Crippen LogP contribution < -0.4 is 10.6 Å². The maximum atomic E-state index is 14.6. The molecule has 0 spiro atoms. The van der Waals surface area contributed by atoms with Gasteiger partial charge in [0.25, 0.3) is 11.8 Å². The SMILES string of the molecule is Cc1ccn2c(C(=O)Nc3cc(C(=O)N[C@H]([C@@H](O)c4ccccc4)C(C)(C)O)ccc3F)cnc2c1. The van der Waals surface area contributed by atoms with E-state index in [0.717, 1.165) is 11.6 Å². The van der Waals surface area contributed by atoms with E-state index in [1.807, 2.05) is 19.1 Å². The predicted octanol–water partition coefficient (Wildman–Crippen LogP) is 3.64. The Hall–Kier alpha value is -4.08. The second kappa shape index (κ2) is 9.88. The molecule has 0 saturated carbocycles. The average molecular weight is 491 g/mol. The molecule has 2 aromatic carbocycles. The molecule has 2 atom stereocenters. The molecule has 0 fully saturated rings. The number of halogens is 1. The van der Waals surface area contributed by atoms with E-state index in [2.05, 4.69) is 15.6 Å². The summed E-state index contributed by atoms with van der Waals surface area (Å²) >= 11 is 0. The van der Waals surface area contributed by atoms with Crippen molar-refractivity contribution in [1.82, 2.24) is 14.7 Å². The zero-order valence-corrected chi connectivity index (χ0v) is 20.1. The molecule has 0 bridgehead atoms. The van der Waals surface area contributed by atoms with E-state index in [1.54, 1.807) is 40.9 Å². The summed E-state index contributed by atoms with van der Waals surface area (Å²) in [5.41, 5.74) is 0.624. The summed E-state index contributed by atoms with van der Waals surface area (Å²) in [6.45, 7) is 4.84. The Morgan fingerprint density at radius 2 is 1.78 bits per heavy atom. The second-order valence-electron chi connectivity index (χ2n) is 9.18. The number of hydrogen-bond donors (Lipinski definition) is 4. The first-order valence-electron chi connectivity index (χ1n) is 11.4. The van der Waals surface area contributed by atoms with E-state index in [1.165, 1.54) is 32.2 Å². The minimum Gasteiger partial charge on any atom is -0.388 e. The number of carbonyl (C=O) groups is 2. The number of nitrogens with zero attached hydrogens (tertiary/aromatic N) is 2. The molecule has 36 heavy (non-hydrogen) atoms. The summed E-state index contributed by atoms with van der Waals surface area (Å²) in [6.07, 6.45) is 1.88. The van der Waals surface area contributed by atoms with Gasteiger partial charge in [-0.3, -0.25) is 14.0 Å². The van der Waals surface area contributed by atoms with Gasteiger partial charge in [-0.1, -0.05) is 30.3 Å². The van der Waals surface area contributed by atoms with Crippen LogP contribution in [0.25, 0.3) is 5.65 Å². The lowest BCUT2D eigenvalue weighted by Gasteiger charge is -2.34. The van der Waals surface area contributed by atoms with Gasteiger partial charge in [-0.05, 0) is 62.2 Å². The first-order valence-corrected chi connectivity index (χ1v) is 11.4. The molecule has 0 unspecified atom stereocenters. The third-order valence-corrected chi connectivity index (χ3v) is 5.88. The molecule has 0 aliphatic heterocycles. The highest BCUT2D eigenvalue weighted by Gasteiger charge is 2.35. The zero-order chi connectivity index (χ0) is 26.0. The van der Waals surface area contributed by atoms with Gasteiger partial charge in [0.2, 0.25) is 0 Å². The Morgan fingerprint density at radius 3 is 2.47 bits per heavy atom. The summed E-state index contributed by atoms with van der Waals surface area (Å²) in [5, 5.41) is 26.6. The van der Waals surface area contributed by atoms with Crippen LogP contribution in [0.4, 0.5) is 10.1 Å². The van der Waals surface area contributed by atoms with Crippen molar-refractivity contribution in [3.05, 3.63) is 101 Å². The largest absolute Gasteiger partial charge is 0.388 e. The third-order valence-electron chi connectivity index (χ3n) is 5.88. The van der Waals surface area contributed by atoms with Crippen LogP contribution in [0.15, 0.2) is 73.1 Å². The fourth-order valence-electron chi connectivity index (χ4n) is 3.91. The van der Waals surface area contributed by atoms with E-state index in [0.29, 0.717) is 11.2 Å². The van der Waals surface area contributed by atoms with Crippen molar-refractivity contribution in [2.45, 2.75) is 38.5 Å². The molecule has 2 amide bonds. The first kappa shape index (κ1) is 25.0. The number of amides is 2. The lowest BCUT2D eigenvalue weighted by molar-refractivity contribution is -0.0197. The number of pyridine rings is 1. The highest BCUT2D eigenvalue weighted by molar-refractivity contribution is 6.04. The molecule has 0 aliphatic carbocycles. The quantitative estimate of drug-likeness (QED) is 0.316. The van der Waals surface area contributed by atoms with Gasteiger partial charge in [-0.2, -0.15) is 0 Å². The number of aliphatic hydroxyl groups is 2. The number of benzene rings is 2. The zero-order valence-electron chi connectivity index (χ0n) is 20.1. The lowest BCUT2D eigenvalue weighted by atomic mass is 9.89. The van der Waals surface area contributed by atoms with Gasteiger partial charge < -0.3 is 20.8 Å². The van der Waals surface area contributed by atoms with Crippen LogP contribution in [-0.2, 0) is 0 Å². The molecule has 186 valence electrons. The first-order chi connectivity index (χ1) is 17.0. The average Bonchev–Trinajstić information content (AvgIpc) is 3.26. The fourth-order valence-corrected chi connectivity index (χ4v) is 3.91. The number of carbonyl (C=O) groups excluding carboxylic acids is 2. The predicted molar refractivity (Wildman–Crippen MR) is 133 cm³/mol. The topological polar surface area (TPSA) is 116 Å². The summed E-state index contributed by atoms with van der Waals surface area (Å²) < 4.78 is 16.1. The Bertz CT molecular complexity index is 1410. The molecule has 2 heterocycles. The molecule has 4 rings (SSSR count). The van der Waals surface area contributed by atoms with Gasteiger partial charge in [0.05, 0.1) is 23.5 Å². The molecule has 0 radical (unpaired) electrons. The van der Waals surface area contributed by atoms with E-state index < -0.39 is 35.4 Å². The van der Waals surface area contributed by atoms with Crippen LogP contribution in [0.5, 0.6) is 0 Å². The molecular formula is C27H27FN4O4. The number of imidazole rings is 1. The van der Waals surface area contributed by atoms with Gasteiger partial charge in [0.1, 0.15) is 23.3 Å². The number of aliphatic hydroxyl groups excluding tert-OH is 1. The van der Waals surface area contributed by atoms with E-state index in [4.69, 9.17) is 0 Å². The number of aryl methyl sites for hydroxylation is 1. The molecule has 4 N–H and O–H groups in total. The number of aromatic nitrogens is 2. The Labute approximate surface area is 207 Å². The Kier molecular flexibility index (Phi) is 6.87. The maximum absolute atomic E-state index is 14.6. The van der Waals surface area contributed by atoms with Gasteiger partial charge in [-0.25, -0.2) is 9.37 Å². The number of rotatable bonds is 7. The van der Waals surface area contributed by atoms with E-state index in [-0.39, 0.29) is 16.9 Å². The highest BCUT2D eigenvalue weighted by Crippen LogP contribution is 2.25. The molecule has 9 heteroatoms. The van der Waals surface area contributed by atoms with Crippen molar-refractivity contribution in [3.8, 4) is 0 Å². The van der Waals surface area contributed by atoms with E-state index >= 15 is 0 Å². The summed E-state index contributed by atoms with van der Waals surface area (Å²) in [5.74, 6) is -1.98. The normalized spacial score (nSPS) is 13.3. The third kappa shape index (κ3) is 5.27.